The first-order valence-corrected chi connectivity index (χ1v) is 8.79. The monoisotopic (exact) mass is 345 g/mol. The van der Waals surface area contributed by atoms with E-state index in [4.69, 9.17) is 4.74 Å². The molecule has 0 heterocycles. The summed E-state index contributed by atoms with van der Waals surface area (Å²) in [5.41, 5.74) is 2.06. The van der Waals surface area contributed by atoms with Gasteiger partial charge in [-0.15, -0.1) is 0 Å². The number of halogens is 1. The van der Waals surface area contributed by atoms with Gasteiger partial charge in [0.05, 0.1) is 12.7 Å². The molecule has 0 spiro atoms. The molecular formula is C21H28FNO2. The Morgan fingerprint density at radius 3 is 2.32 bits per heavy atom. The average Bonchev–Trinajstić information content (AvgIpc) is 2.55. The molecule has 0 bridgehead atoms. The minimum atomic E-state index is -0.573. The van der Waals surface area contributed by atoms with Crippen LogP contribution in [0.4, 0.5) is 4.39 Å². The van der Waals surface area contributed by atoms with Crippen molar-refractivity contribution in [3.05, 3.63) is 71.5 Å². The Morgan fingerprint density at radius 1 is 0.960 bits per heavy atom. The van der Waals surface area contributed by atoms with E-state index in [1.165, 1.54) is 6.07 Å². The highest BCUT2D eigenvalue weighted by Gasteiger charge is 2.14. The second kappa shape index (κ2) is 10.3. The van der Waals surface area contributed by atoms with E-state index in [9.17, 15) is 9.50 Å². The summed E-state index contributed by atoms with van der Waals surface area (Å²) in [6.07, 6.45) is -0.573. The van der Waals surface area contributed by atoms with E-state index in [0.29, 0.717) is 38.8 Å². The molecule has 4 heteroatoms. The van der Waals surface area contributed by atoms with Gasteiger partial charge in [0.25, 0.3) is 0 Å². The SMILES string of the molecule is CC(C)COC[C@H](O)CN(Cc1ccccc1)Cc1cccc(F)c1. The molecule has 0 saturated heterocycles. The van der Waals surface area contributed by atoms with Crippen molar-refractivity contribution in [3.8, 4) is 0 Å². The maximum Gasteiger partial charge on any atom is 0.123 e. The molecular weight excluding hydrogens is 317 g/mol. The zero-order valence-electron chi connectivity index (χ0n) is 15.1. The summed E-state index contributed by atoms with van der Waals surface area (Å²) in [4.78, 5) is 2.12. The minimum absolute atomic E-state index is 0.238. The lowest BCUT2D eigenvalue weighted by molar-refractivity contribution is 0.00553. The highest BCUT2D eigenvalue weighted by Crippen LogP contribution is 2.12. The summed E-state index contributed by atoms with van der Waals surface area (Å²) in [7, 11) is 0. The topological polar surface area (TPSA) is 32.7 Å². The first-order valence-electron chi connectivity index (χ1n) is 8.79. The summed E-state index contributed by atoms with van der Waals surface area (Å²) in [5.74, 6) is 0.206. The van der Waals surface area contributed by atoms with Crippen LogP contribution in [-0.4, -0.2) is 35.9 Å². The predicted molar refractivity (Wildman–Crippen MR) is 98.6 cm³/mol. The number of benzene rings is 2. The highest BCUT2D eigenvalue weighted by atomic mass is 19.1. The average molecular weight is 345 g/mol. The predicted octanol–water partition coefficient (Wildman–Crippen LogP) is 3.86. The van der Waals surface area contributed by atoms with Crippen LogP contribution in [0.3, 0.4) is 0 Å². The van der Waals surface area contributed by atoms with E-state index >= 15 is 0 Å². The molecule has 2 aromatic rings. The maximum atomic E-state index is 13.5. The number of hydrogen-bond acceptors (Lipinski definition) is 3. The van der Waals surface area contributed by atoms with E-state index in [1.54, 1.807) is 12.1 Å². The molecule has 0 unspecified atom stereocenters. The molecule has 1 atom stereocenters. The zero-order chi connectivity index (χ0) is 18.1. The van der Waals surface area contributed by atoms with Crippen LogP contribution in [0, 0.1) is 11.7 Å². The van der Waals surface area contributed by atoms with Crippen LogP contribution >= 0.6 is 0 Å². The molecule has 0 saturated carbocycles. The molecule has 0 fully saturated rings. The Hall–Kier alpha value is -1.75. The van der Waals surface area contributed by atoms with Crippen molar-refractivity contribution in [2.75, 3.05) is 19.8 Å². The van der Waals surface area contributed by atoms with Crippen molar-refractivity contribution >= 4 is 0 Å². The van der Waals surface area contributed by atoms with E-state index < -0.39 is 6.10 Å². The maximum absolute atomic E-state index is 13.5. The lowest BCUT2D eigenvalue weighted by Gasteiger charge is -2.25. The van der Waals surface area contributed by atoms with Crippen LogP contribution in [0.15, 0.2) is 54.6 Å². The highest BCUT2D eigenvalue weighted by molar-refractivity contribution is 5.18. The van der Waals surface area contributed by atoms with Crippen LogP contribution in [0.5, 0.6) is 0 Å². The van der Waals surface area contributed by atoms with Gasteiger partial charge in [0.1, 0.15) is 5.82 Å². The third-order valence-electron chi connectivity index (χ3n) is 3.77. The standard InChI is InChI=1S/C21H28FNO2/c1-17(2)15-25-16-21(24)14-23(12-18-7-4-3-5-8-18)13-19-9-6-10-20(22)11-19/h3-11,17,21,24H,12-16H2,1-2H3/t21-/m1/s1. The van der Waals surface area contributed by atoms with Crippen molar-refractivity contribution in [1.82, 2.24) is 4.90 Å². The number of aliphatic hydroxyl groups excluding tert-OH is 1. The van der Waals surface area contributed by atoms with E-state index in [2.05, 4.69) is 30.9 Å². The molecule has 136 valence electrons. The minimum Gasteiger partial charge on any atom is -0.389 e. The van der Waals surface area contributed by atoms with Gasteiger partial charge < -0.3 is 9.84 Å². The summed E-state index contributed by atoms with van der Waals surface area (Å²) in [6.45, 7) is 6.86. The molecule has 0 aliphatic rings. The van der Waals surface area contributed by atoms with Crippen LogP contribution in [-0.2, 0) is 17.8 Å². The lowest BCUT2D eigenvalue weighted by atomic mass is 10.1. The Bertz CT molecular complexity index is 618. The number of nitrogens with zero attached hydrogens (tertiary/aromatic N) is 1. The molecule has 0 radical (unpaired) electrons. The van der Waals surface area contributed by atoms with Crippen molar-refractivity contribution in [1.29, 1.82) is 0 Å². The lowest BCUT2D eigenvalue weighted by Crippen LogP contribution is -2.34. The first kappa shape index (κ1) is 19.6. The third kappa shape index (κ3) is 7.78. The zero-order valence-corrected chi connectivity index (χ0v) is 15.1. The van der Waals surface area contributed by atoms with E-state index in [-0.39, 0.29) is 5.82 Å². The summed E-state index contributed by atoms with van der Waals surface area (Å²) >= 11 is 0. The van der Waals surface area contributed by atoms with Crippen molar-refractivity contribution in [3.63, 3.8) is 0 Å². The molecule has 2 rings (SSSR count). The van der Waals surface area contributed by atoms with Crippen LogP contribution in [0.25, 0.3) is 0 Å². The molecule has 0 aliphatic heterocycles. The van der Waals surface area contributed by atoms with Gasteiger partial charge in [0.15, 0.2) is 0 Å². The fourth-order valence-electron chi connectivity index (χ4n) is 2.71. The third-order valence-corrected chi connectivity index (χ3v) is 3.77. The fourth-order valence-corrected chi connectivity index (χ4v) is 2.71. The van der Waals surface area contributed by atoms with E-state index in [1.807, 2.05) is 24.3 Å². The second-order valence-corrected chi connectivity index (χ2v) is 6.87. The largest absolute Gasteiger partial charge is 0.389 e. The summed E-state index contributed by atoms with van der Waals surface area (Å²) in [6, 6.07) is 16.7. The molecule has 0 aliphatic carbocycles. The van der Waals surface area contributed by atoms with Gasteiger partial charge >= 0.3 is 0 Å². The van der Waals surface area contributed by atoms with Crippen LogP contribution < -0.4 is 0 Å². The smallest absolute Gasteiger partial charge is 0.123 e. The van der Waals surface area contributed by atoms with Crippen LogP contribution in [0.1, 0.15) is 25.0 Å². The quantitative estimate of drug-likeness (QED) is 0.710. The Morgan fingerprint density at radius 2 is 1.64 bits per heavy atom. The van der Waals surface area contributed by atoms with Gasteiger partial charge in [-0.1, -0.05) is 56.3 Å². The summed E-state index contributed by atoms with van der Waals surface area (Å²) < 4.78 is 19.0. The molecule has 1 N–H and O–H groups in total. The number of ether oxygens (including phenoxy) is 1. The van der Waals surface area contributed by atoms with Gasteiger partial charge in [-0.2, -0.15) is 0 Å². The van der Waals surface area contributed by atoms with Gasteiger partial charge in [-0.05, 0) is 29.2 Å². The number of rotatable bonds is 10. The Labute approximate surface area is 150 Å². The van der Waals surface area contributed by atoms with Gasteiger partial charge in [-0.25, -0.2) is 4.39 Å². The number of aliphatic hydroxyl groups is 1. The fraction of sp³-hybridized carbons (Fsp3) is 0.429. The van der Waals surface area contributed by atoms with Crippen molar-refractivity contribution < 1.29 is 14.2 Å². The van der Waals surface area contributed by atoms with Gasteiger partial charge in [0.2, 0.25) is 0 Å². The first-order chi connectivity index (χ1) is 12.0. The Kier molecular flexibility index (Phi) is 8.06. The number of hydrogen-bond donors (Lipinski definition) is 1. The normalized spacial score (nSPS) is 12.7. The Balaban J connectivity index is 1.98. The second-order valence-electron chi connectivity index (χ2n) is 6.87. The molecule has 3 nitrogen and oxygen atoms in total. The van der Waals surface area contributed by atoms with E-state index in [0.717, 1.165) is 11.1 Å². The van der Waals surface area contributed by atoms with Gasteiger partial charge in [0, 0.05) is 26.2 Å². The summed E-state index contributed by atoms with van der Waals surface area (Å²) in [5, 5.41) is 10.3. The van der Waals surface area contributed by atoms with Gasteiger partial charge in [-0.3, -0.25) is 4.90 Å². The molecule has 0 aromatic heterocycles. The van der Waals surface area contributed by atoms with Crippen molar-refractivity contribution in [2.45, 2.75) is 33.0 Å². The van der Waals surface area contributed by atoms with Crippen molar-refractivity contribution in [2.24, 2.45) is 5.92 Å². The molecule has 2 aromatic carbocycles. The van der Waals surface area contributed by atoms with Crippen LogP contribution in [0.2, 0.25) is 0 Å². The molecule has 0 amide bonds. The molecule has 25 heavy (non-hydrogen) atoms.